The van der Waals surface area contributed by atoms with Gasteiger partial charge in [0.1, 0.15) is 0 Å². The first-order valence-electron chi connectivity index (χ1n) is 16.5. The highest BCUT2D eigenvalue weighted by Crippen LogP contribution is 2.67. The van der Waals surface area contributed by atoms with Gasteiger partial charge >= 0.3 is 0 Å². The van der Waals surface area contributed by atoms with Crippen LogP contribution in [0.25, 0.3) is 0 Å². The zero-order valence-corrected chi connectivity index (χ0v) is 25.2. The predicted octanol–water partition coefficient (Wildman–Crippen LogP) is 8.27. The Hall–Kier alpha value is -0.630. The van der Waals surface area contributed by atoms with E-state index in [0.717, 1.165) is 48.3 Å². The molecule has 0 aromatic carbocycles. The van der Waals surface area contributed by atoms with E-state index in [-0.39, 0.29) is 18.1 Å². The van der Waals surface area contributed by atoms with Crippen LogP contribution in [0.3, 0.4) is 0 Å². The van der Waals surface area contributed by atoms with Gasteiger partial charge in [-0.15, -0.1) is 0 Å². The zero-order valence-electron chi connectivity index (χ0n) is 25.2. The minimum Gasteiger partial charge on any atom is -0.390 e. The number of aliphatic hydroxyl groups is 1. The van der Waals surface area contributed by atoms with E-state index in [2.05, 4.69) is 33.8 Å². The van der Waals surface area contributed by atoms with Crippen molar-refractivity contribution < 1.29 is 14.6 Å². The number of rotatable bonds is 7. The highest BCUT2D eigenvalue weighted by atomic mass is 16.7. The molecule has 4 aliphatic carbocycles. The summed E-state index contributed by atoms with van der Waals surface area (Å²) in [5.41, 5.74) is 1.02. The van der Waals surface area contributed by atoms with Gasteiger partial charge in [0.05, 0.1) is 30.3 Å². The van der Waals surface area contributed by atoms with E-state index < -0.39 is 12.4 Å². The van der Waals surface area contributed by atoms with Gasteiger partial charge in [-0.1, -0.05) is 53.4 Å². The van der Waals surface area contributed by atoms with Crippen molar-refractivity contribution in [2.75, 3.05) is 0 Å². The molecule has 0 bridgehead atoms. The van der Waals surface area contributed by atoms with E-state index in [4.69, 9.17) is 9.47 Å². The summed E-state index contributed by atoms with van der Waals surface area (Å²) in [4.78, 5) is 0. The lowest BCUT2D eigenvalue weighted by Gasteiger charge is -2.56. The Labute approximate surface area is 233 Å². The molecule has 5 fully saturated rings. The molecule has 1 aliphatic heterocycles. The van der Waals surface area contributed by atoms with Crippen molar-refractivity contribution in [2.45, 2.75) is 156 Å². The summed E-state index contributed by atoms with van der Waals surface area (Å²) < 4.78 is 12.5. The van der Waals surface area contributed by atoms with Gasteiger partial charge in [-0.25, -0.2) is 0 Å². The minimum absolute atomic E-state index is 0.184. The molecule has 6 unspecified atom stereocenters. The molecule has 1 N–H and O–H groups in total. The van der Waals surface area contributed by atoms with E-state index in [1.807, 2.05) is 6.92 Å². The fourth-order valence-electron chi connectivity index (χ4n) is 10.5. The Morgan fingerprint density at radius 1 is 0.974 bits per heavy atom. The molecular weight excluding hydrogens is 470 g/mol. The molecule has 0 spiro atoms. The molecule has 0 aromatic heterocycles. The molecule has 12 atom stereocenters. The van der Waals surface area contributed by atoms with Gasteiger partial charge in [0, 0.05) is 0 Å². The summed E-state index contributed by atoms with van der Waals surface area (Å²) in [5, 5.41) is 19.8. The second-order valence-electron chi connectivity index (χ2n) is 15.3. The molecule has 216 valence electrons. The second kappa shape index (κ2) is 11.7. The molecule has 5 aliphatic rings. The normalized spacial score (nSPS) is 49.0. The largest absolute Gasteiger partial charge is 0.390 e. The Morgan fingerprint density at radius 3 is 2.50 bits per heavy atom. The summed E-state index contributed by atoms with van der Waals surface area (Å²) in [6.07, 6.45) is 18.5. The van der Waals surface area contributed by atoms with Crippen LogP contribution in [0.1, 0.15) is 131 Å². The number of hydrogen-bond donors (Lipinski definition) is 1. The molecule has 4 saturated carbocycles. The summed E-state index contributed by atoms with van der Waals surface area (Å²) in [6.45, 7) is 12.0. The van der Waals surface area contributed by atoms with E-state index in [1.165, 1.54) is 77.0 Å². The lowest BCUT2D eigenvalue weighted by atomic mass is 9.49. The quantitative estimate of drug-likeness (QED) is 0.338. The summed E-state index contributed by atoms with van der Waals surface area (Å²) in [7, 11) is 0. The Bertz CT molecular complexity index is 838. The second-order valence-corrected chi connectivity index (χ2v) is 15.3. The highest BCUT2D eigenvalue weighted by Gasteiger charge is 2.59. The molecule has 4 heteroatoms. The third-order valence-corrected chi connectivity index (χ3v) is 12.8. The molecule has 5 rings (SSSR count). The summed E-state index contributed by atoms with van der Waals surface area (Å²) >= 11 is 0. The SMILES string of the molecule is CC(C)CCCC[C@H]1CCC2C3CCCC4C[C@@H](OC5OC(C)[C@@H](O)C[C@@H]5C#N)CC[C@]4(C)C3CC[C@@]21C. The van der Waals surface area contributed by atoms with E-state index >= 15 is 0 Å². The summed E-state index contributed by atoms with van der Waals surface area (Å²) in [5.74, 6) is 4.90. The first-order valence-corrected chi connectivity index (χ1v) is 16.5. The van der Waals surface area contributed by atoms with Gasteiger partial charge in [0.25, 0.3) is 0 Å². The molecular formula is C34H57NO3. The fourth-order valence-corrected chi connectivity index (χ4v) is 10.5. The van der Waals surface area contributed by atoms with Crippen molar-refractivity contribution >= 4 is 0 Å². The van der Waals surface area contributed by atoms with Crippen LogP contribution in [0.15, 0.2) is 0 Å². The van der Waals surface area contributed by atoms with E-state index in [1.54, 1.807) is 0 Å². The van der Waals surface area contributed by atoms with Gasteiger partial charge in [0.15, 0.2) is 6.29 Å². The average Bonchev–Trinajstić information content (AvgIpc) is 3.13. The lowest BCUT2D eigenvalue weighted by Crippen LogP contribution is -2.51. The third-order valence-electron chi connectivity index (χ3n) is 12.8. The van der Waals surface area contributed by atoms with Gasteiger partial charge in [-0.2, -0.15) is 5.26 Å². The van der Waals surface area contributed by atoms with Crippen LogP contribution >= 0.6 is 0 Å². The number of unbranched alkanes of at least 4 members (excludes halogenated alkanes) is 1. The van der Waals surface area contributed by atoms with Crippen LogP contribution in [0.2, 0.25) is 0 Å². The van der Waals surface area contributed by atoms with Crippen molar-refractivity contribution in [1.29, 1.82) is 5.26 Å². The molecule has 0 radical (unpaired) electrons. The number of nitriles is 1. The number of ether oxygens (including phenoxy) is 2. The van der Waals surface area contributed by atoms with Crippen molar-refractivity contribution in [3.63, 3.8) is 0 Å². The number of aliphatic hydroxyl groups excluding tert-OH is 1. The first kappa shape index (κ1) is 28.9. The lowest BCUT2D eigenvalue weighted by molar-refractivity contribution is -0.259. The Balaban J connectivity index is 1.22. The highest BCUT2D eigenvalue weighted by molar-refractivity contribution is 5.08. The van der Waals surface area contributed by atoms with Gasteiger partial charge in [-0.05, 0) is 124 Å². The van der Waals surface area contributed by atoms with Crippen molar-refractivity contribution in [2.24, 2.45) is 52.3 Å². The van der Waals surface area contributed by atoms with Crippen LogP contribution < -0.4 is 0 Å². The maximum absolute atomic E-state index is 10.2. The van der Waals surface area contributed by atoms with Crippen LogP contribution in [0.4, 0.5) is 0 Å². The topological polar surface area (TPSA) is 62.5 Å². The Kier molecular flexibility index (Phi) is 8.89. The van der Waals surface area contributed by atoms with Gasteiger partial charge < -0.3 is 14.6 Å². The van der Waals surface area contributed by atoms with E-state index in [9.17, 15) is 10.4 Å². The molecule has 4 nitrogen and oxygen atoms in total. The van der Waals surface area contributed by atoms with E-state index in [0.29, 0.717) is 17.3 Å². The zero-order chi connectivity index (χ0) is 27.1. The van der Waals surface area contributed by atoms with Gasteiger partial charge in [-0.3, -0.25) is 0 Å². The summed E-state index contributed by atoms with van der Waals surface area (Å²) in [6, 6.07) is 2.34. The van der Waals surface area contributed by atoms with Crippen LogP contribution in [0, 0.1) is 63.6 Å². The molecule has 0 amide bonds. The fraction of sp³-hybridized carbons (Fsp3) is 0.971. The number of hydrogen-bond acceptors (Lipinski definition) is 4. The molecule has 38 heavy (non-hydrogen) atoms. The monoisotopic (exact) mass is 527 g/mol. The molecule has 0 aromatic rings. The standard InChI is InChI=1S/C34H57NO3/c1-22(2)9-6-7-10-25-13-14-29-28-12-8-11-26-20-27(38-32-24(21-35)19-31(36)23(3)37-32)15-17-34(26,5)30(28)16-18-33(25,29)4/h22-32,36H,6-20H2,1-5H3/t23?,24-,25+,26?,27+,28?,29?,30?,31+,32?,33-,34+/m1/s1. The average molecular weight is 528 g/mol. The van der Waals surface area contributed by atoms with Crippen molar-refractivity contribution in [1.82, 2.24) is 0 Å². The smallest absolute Gasteiger partial charge is 0.174 e. The molecule has 1 heterocycles. The third kappa shape index (κ3) is 5.47. The predicted molar refractivity (Wildman–Crippen MR) is 152 cm³/mol. The maximum Gasteiger partial charge on any atom is 0.174 e. The van der Waals surface area contributed by atoms with Crippen molar-refractivity contribution in [3.8, 4) is 6.07 Å². The van der Waals surface area contributed by atoms with Crippen LogP contribution in [0.5, 0.6) is 0 Å². The minimum atomic E-state index is -0.569. The van der Waals surface area contributed by atoms with Crippen molar-refractivity contribution in [3.05, 3.63) is 0 Å². The molecule has 1 saturated heterocycles. The van der Waals surface area contributed by atoms with Gasteiger partial charge in [0.2, 0.25) is 0 Å². The van der Waals surface area contributed by atoms with Crippen LogP contribution in [-0.2, 0) is 9.47 Å². The number of nitrogens with zero attached hydrogens (tertiary/aromatic N) is 1. The number of fused-ring (bicyclic) bond motifs is 5. The van der Waals surface area contributed by atoms with Crippen LogP contribution in [-0.4, -0.2) is 29.7 Å². The maximum atomic E-state index is 10.2. The first-order chi connectivity index (χ1) is 18.2. The Morgan fingerprint density at radius 2 is 1.74 bits per heavy atom.